The number of nitrogens with zero attached hydrogens (tertiary/aromatic N) is 1. The molecule has 0 spiro atoms. The number of rotatable bonds is 8. The Bertz CT molecular complexity index is 656. The number of methoxy groups -OCH3 is 2. The summed E-state index contributed by atoms with van der Waals surface area (Å²) in [5.74, 6) is 0.155. The van der Waals surface area contributed by atoms with Crippen LogP contribution in [0.5, 0.6) is 11.5 Å². The van der Waals surface area contributed by atoms with Crippen molar-refractivity contribution in [3.05, 3.63) is 16.7 Å². The first kappa shape index (κ1) is 21.6. The Balaban J connectivity index is 2.01. The monoisotopic (exact) mass is 399 g/mol. The first-order valence-corrected chi connectivity index (χ1v) is 9.69. The van der Waals surface area contributed by atoms with Crippen LogP contribution in [0.15, 0.2) is 6.07 Å². The number of β-amino-alcohol motifs (C(OH)–C–C–N with tert-alkyl or cyclic N) is 1. The summed E-state index contributed by atoms with van der Waals surface area (Å²) in [5, 5.41) is 13.5. The third kappa shape index (κ3) is 5.18. The second kappa shape index (κ2) is 10.0. The highest BCUT2D eigenvalue weighted by atomic mass is 35.5. The zero-order valence-electron chi connectivity index (χ0n) is 16.3. The van der Waals surface area contributed by atoms with E-state index in [0.717, 1.165) is 32.4 Å². The lowest BCUT2D eigenvalue weighted by atomic mass is 9.93. The number of carbonyl (C=O) groups is 1. The number of carbonyl (C=O) groups excluding carboxylic acids is 1. The molecule has 1 aromatic carbocycles. The molecule has 27 heavy (non-hydrogen) atoms. The van der Waals surface area contributed by atoms with Gasteiger partial charge in [0.15, 0.2) is 11.5 Å². The van der Waals surface area contributed by atoms with Gasteiger partial charge in [-0.2, -0.15) is 0 Å². The molecule has 4 N–H and O–H groups in total. The van der Waals surface area contributed by atoms with Gasteiger partial charge in [0.2, 0.25) is 0 Å². The van der Waals surface area contributed by atoms with Crippen molar-refractivity contribution in [3.8, 4) is 11.5 Å². The number of amides is 1. The van der Waals surface area contributed by atoms with Crippen LogP contribution in [0.4, 0.5) is 5.69 Å². The van der Waals surface area contributed by atoms with Gasteiger partial charge in [0.05, 0.1) is 36.6 Å². The van der Waals surface area contributed by atoms with Gasteiger partial charge in [0, 0.05) is 19.0 Å². The van der Waals surface area contributed by atoms with Crippen molar-refractivity contribution in [2.75, 3.05) is 46.1 Å². The van der Waals surface area contributed by atoms with Crippen molar-refractivity contribution in [2.45, 2.75) is 32.3 Å². The quantitative estimate of drug-likeness (QED) is 0.579. The van der Waals surface area contributed by atoms with E-state index in [4.69, 9.17) is 26.8 Å². The number of nitrogens with one attached hydrogen (secondary N) is 1. The molecule has 1 aliphatic rings. The summed E-state index contributed by atoms with van der Waals surface area (Å²) in [6, 6.07) is 1.47. The summed E-state index contributed by atoms with van der Waals surface area (Å²) in [6.45, 7) is 5.13. The third-order valence-electron chi connectivity index (χ3n) is 5.03. The fourth-order valence-corrected chi connectivity index (χ4v) is 3.58. The van der Waals surface area contributed by atoms with Crippen LogP contribution in [0.25, 0.3) is 0 Å². The van der Waals surface area contributed by atoms with Crippen molar-refractivity contribution in [1.82, 2.24) is 10.2 Å². The molecule has 152 valence electrons. The van der Waals surface area contributed by atoms with Crippen molar-refractivity contribution < 1.29 is 19.4 Å². The normalized spacial score (nSPS) is 20.3. The Morgan fingerprint density at radius 3 is 2.70 bits per heavy atom. The molecule has 2 rings (SSSR count). The number of nitrogens with two attached hydrogens (primary N) is 1. The van der Waals surface area contributed by atoms with Crippen LogP contribution >= 0.6 is 11.6 Å². The highest BCUT2D eigenvalue weighted by Gasteiger charge is 2.28. The number of nitrogen functional groups attached to an aromatic ring is 1. The van der Waals surface area contributed by atoms with Crippen LogP contribution in [-0.2, 0) is 0 Å². The van der Waals surface area contributed by atoms with Gasteiger partial charge in [-0.1, -0.05) is 24.9 Å². The van der Waals surface area contributed by atoms with Crippen molar-refractivity contribution in [1.29, 1.82) is 0 Å². The van der Waals surface area contributed by atoms with Crippen LogP contribution in [0, 0.1) is 5.92 Å². The van der Waals surface area contributed by atoms with Gasteiger partial charge in [0.1, 0.15) is 0 Å². The maximum atomic E-state index is 12.7. The molecule has 1 fully saturated rings. The number of hydrogen-bond acceptors (Lipinski definition) is 6. The minimum atomic E-state index is -0.456. The predicted octanol–water partition coefficient (Wildman–Crippen LogP) is 2.15. The Labute approximate surface area is 165 Å². The second-order valence-corrected chi connectivity index (χ2v) is 7.27. The molecule has 1 amide bonds. The molecule has 1 aromatic rings. The van der Waals surface area contributed by atoms with E-state index in [1.54, 1.807) is 0 Å². The number of hydrogen-bond donors (Lipinski definition) is 3. The standard InChI is InChI=1S/C19H30ClN3O4/c1-4-5-7-23-8-6-12(15(24)11-23)10-22-19(25)13-9-14(20)16(21)18(27-3)17(13)26-2/h9,12,15,24H,4-8,10-11,21H2,1-3H3,(H,22,25). The Morgan fingerprint density at radius 2 is 2.11 bits per heavy atom. The first-order chi connectivity index (χ1) is 12.9. The number of likely N-dealkylation sites (tertiary alicyclic amines) is 1. The molecule has 1 saturated heterocycles. The number of anilines is 1. The maximum Gasteiger partial charge on any atom is 0.255 e. The number of piperidine rings is 1. The van der Waals surface area contributed by atoms with Gasteiger partial charge in [-0.15, -0.1) is 0 Å². The van der Waals surface area contributed by atoms with Crippen LogP contribution in [0.1, 0.15) is 36.5 Å². The van der Waals surface area contributed by atoms with E-state index in [1.807, 2.05) is 0 Å². The molecule has 0 aliphatic carbocycles. The molecule has 0 bridgehead atoms. The lowest BCUT2D eigenvalue weighted by molar-refractivity contribution is 0.0217. The molecule has 2 atom stereocenters. The van der Waals surface area contributed by atoms with Crippen LogP contribution in [0.3, 0.4) is 0 Å². The van der Waals surface area contributed by atoms with Gasteiger partial charge < -0.3 is 30.5 Å². The van der Waals surface area contributed by atoms with Crippen LogP contribution in [-0.4, -0.2) is 62.4 Å². The van der Waals surface area contributed by atoms with Crippen molar-refractivity contribution >= 4 is 23.2 Å². The van der Waals surface area contributed by atoms with Crippen LogP contribution in [0.2, 0.25) is 5.02 Å². The molecule has 0 radical (unpaired) electrons. The Hall–Kier alpha value is -1.70. The molecule has 1 aliphatic heterocycles. The van der Waals surface area contributed by atoms with Gasteiger partial charge in [-0.3, -0.25) is 4.79 Å². The molecule has 7 nitrogen and oxygen atoms in total. The first-order valence-electron chi connectivity index (χ1n) is 9.31. The minimum absolute atomic E-state index is 0.0176. The zero-order chi connectivity index (χ0) is 20.0. The predicted molar refractivity (Wildman–Crippen MR) is 107 cm³/mol. The third-order valence-corrected chi connectivity index (χ3v) is 5.35. The van der Waals surface area contributed by atoms with Gasteiger partial charge >= 0.3 is 0 Å². The zero-order valence-corrected chi connectivity index (χ0v) is 17.0. The van der Waals surface area contributed by atoms with E-state index in [2.05, 4.69) is 17.1 Å². The number of ether oxygens (including phenoxy) is 2. The number of aliphatic hydroxyl groups is 1. The number of halogens is 1. The fourth-order valence-electron chi connectivity index (χ4n) is 3.38. The highest BCUT2D eigenvalue weighted by Crippen LogP contribution is 2.41. The molecule has 0 aromatic heterocycles. The Kier molecular flexibility index (Phi) is 8.01. The van der Waals surface area contributed by atoms with Crippen molar-refractivity contribution in [3.63, 3.8) is 0 Å². The molecule has 1 heterocycles. The molecule has 0 saturated carbocycles. The number of unbranched alkanes of at least 4 members (excludes halogenated alkanes) is 1. The number of aliphatic hydroxyl groups excluding tert-OH is 1. The summed E-state index contributed by atoms with van der Waals surface area (Å²) in [7, 11) is 2.88. The van der Waals surface area contributed by atoms with Gasteiger partial charge in [0.25, 0.3) is 5.91 Å². The van der Waals surface area contributed by atoms with E-state index < -0.39 is 6.10 Å². The fraction of sp³-hybridized carbons (Fsp3) is 0.632. The Morgan fingerprint density at radius 1 is 1.41 bits per heavy atom. The lowest BCUT2D eigenvalue weighted by Crippen LogP contribution is -2.47. The lowest BCUT2D eigenvalue weighted by Gasteiger charge is -2.36. The molecular weight excluding hydrogens is 370 g/mol. The van der Waals surface area contributed by atoms with E-state index in [1.165, 1.54) is 20.3 Å². The summed E-state index contributed by atoms with van der Waals surface area (Å²) in [5.41, 5.74) is 6.37. The summed E-state index contributed by atoms with van der Waals surface area (Å²) in [6.07, 6.45) is 2.66. The topological polar surface area (TPSA) is 97.1 Å². The second-order valence-electron chi connectivity index (χ2n) is 6.87. The SMILES string of the molecule is CCCCN1CCC(CNC(=O)c2cc(Cl)c(N)c(OC)c2OC)C(O)C1. The minimum Gasteiger partial charge on any atom is -0.492 e. The summed E-state index contributed by atoms with van der Waals surface area (Å²) in [4.78, 5) is 15.0. The molecule has 2 unspecified atom stereocenters. The molecule has 8 heteroatoms. The molecular formula is C19H30ClN3O4. The smallest absolute Gasteiger partial charge is 0.255 e. The van der Waals surface area contributed by atoms with E-state index in [9.17, 15) is 9.90 Å². The largest absolute Gasteiger partial charge is 0.492 e. The average Bonchev–Trinajstić information content (AvgIpc) is 2.66. The number of benzene rings is 1. The van der Waals surface area contributed by atoms with Gasteiger partial charge in [-0.05, 0) is 32.0 Å². The van der Waals surface area contributed by atoms with Gasteiger partial charge in [-0.25, -0.2) is 0 Å². The van der Waals surface area contributed by atoms with E-state index >= 15 is 0 Å². The highest BCUT2D eigenvalue weighted by molar-refractivity contribution is 6.34. The van der Waals surface area contributed by atoms with E-state index in [0.29, 0.717) is 13.1 Å². The summed E-state index contributed by atoms with van der Waals surface area (Å²) >= 11 is 6.11. The van der Waals surface area contributed by atoms with Crippen LogP contribution < -0.4 is 20.5 Å². The average molecular weight is 400 g/mol. The maximum absolute atomic E-state index is 12.7. The summed E-state index contributed by atoms with van der Waals surface area (Å²) < 4.78 is 10.5. The van der Waals surface area contributed by atoms with Crippen molar-refractivity contribution in [2.24, 2.45) is 5.92 Å². The van der Waals surface area contributed by atoms with E-state index in [-0.39, 0.29) is 39.6 Å².